The van der Waals surface area contributed by atoms with Gasteiger partial charge < -0.3 is 0 Å². The monoisotopic (exact) mass is 724 g/mol. The van der Waals surface area contributed by atoms with E-state index in [1.807, 2.05) is 0 Å². The molecule has 10 bridgehead atoms. The van der Waals surface area contributed by atoms with Crippen molar-refractivity contribution in [1.29, 1.82) is 0 Å². The molecule has 0 aromatic rings. The molecule has 2 saturated carbocycles. The first-order valence-corrected chi connectivity index (χ1v) is 23.8. The van der Waals surface area contributed by atoms with E-state index in [1.165, 1.54) is 141 Å². The fourth-order valence-electron chi connectivity index (χ4n) is 14.2. The number of hydrogen-bond donors (Lipinski definition) is 0. The van der Waals surface area contributed by atoms with Crippen LogP contribution in [-0.4, -0.2) is 115 Å². The van der Waals surface area contributed by atoms with E-state index in [1.54, 1.807) is 0 Å². The van der Waals surface area contributed by atoms with Crippen LogP contribution in [0.2, 0.25) is 0 Å². The van der Waals surface area contributed by atoms with Crippen molar-refractivity contribution in [2.45, 2.75) is 301 Å². The summed E-state index contributed by atoms with van der Waals surface area (Å²) < 4.78 is 0. The number of fused-ring (bicyclic) bond motifs is 9. The summed E-state index contributed by atoms with van der Waals surface area (Å²) in [7, 11) is 0. The summed E-state index contributed by atoms with van der Waals surface area (Å²) in [6.07, 6.45) is 32.5. The molecular weight excluding hydrogens is 635 g/mol. The Kier molecular flexibility index (Phi) is 15.0. The fourth-order valence-corrected chi connectivity index (χ4v) is 14.2. The summed E-state index contributed by atoms with van der Waals surface area (Å²) in [5.41, 5.74) is 0. The normalized spacial score (nSPS) is 39.3. The van der Waals surface area contributed by atoms with Gasteiger partial charge in [-0.05, 0) is 185 Å². The van der Waals surface area contributed by atoms with Gasteiger partial charge in [0, 0.05) is 90.6 Å². The van der Waals surface area contributed by atoms with Crippen LogP contribution >= 0.6 is 0 Å². The molecule has 12 aliphatic rings. The van der Waals surface area contributed by atoms with E-state index in [0.717, 1.165) is 90.6 Å². The molecule has 302 valence electrons. The van der Waals surface area contributed by atoms with E-state index in [4.69, 9.17) is 0 Å². The Morgan fingerprint density at radius 3 is 0.558 bits per heavy atom. The maximum Gasteiger partial charge on any atom is 0.0116 e. The standard InChI is InChI=1S/C11H21N.C10H19N.2C9H17N.C8H15N/c1-9(2)12-10-5-3-6-11(12)8-4-7-10;1-8(2)11-9-4-3-5-10(11)7-6-9;1-7(2)10-8-3-4-9(10)6-5-8;1-7(2)10-8-4-3-5-9(10)6-8;1-6(2)9-7-3-4-8(9)5-7/h9-11H,3-8H2,1-2H3;8-10H,3-7H2,1-2H3;2*7-9H,3-6H2,1-2H3;6-8H,3-5H2,1-2H3. The minimum absolute atomic E-state index is 0.778. The average Bonchev–Trinajstić information content (AvgIpc) is 3.93. The molecule has 2 aliphatic carbocycles. The Balaban J connectivity index is 0.000000112. The zero-order chi connectivity index (χ0) is 37.1. The summed E-state index contributed by atoms with van der Waals surface area (Å²) in [5.74, 6) is 0. The van der Waals surface area contributed by atoms with Crippen LogP contribution in [0.4, 0.5) is 0 Å². The topological polar surface area (TPSA) is 16.2 Å². The lowest BCUT2D eigenvalue weighted by Crippen LogP contribution is -2.61. The van der Waals surface area contributed by atoms with Crippen molar-refractivity contribution in [1.82, 2.24) is 24.5 Å². The van der Waals surface area contributed by atoms with E-state index in [-0.39, 0.29) is 0 Å². The highest BCUT2D eigenvalue weighted by Gasteiger charge is 2.45. The second kappa shape index (κ2) is 18.8. The Morgan fingerprint density at radius 1 is 0.231 bits per heavy atom. The first kappa shape index (κ1) is 41.4. The predicted octanol–water partition coefficient (Wildman–Crippen LogP) is 10.9. The first-order valence-electron chi connectivity index (χ1n) is 23.8. The van der Waals surface area contributed by atoms with Gasteiger partial charge in [0.2, 0.25) is 0 Å². The average molecular weight is 724 g/mol. The Hall–Kier alpha value is -0.200. The van der Waals surface area contributed by atoms with E-state index in [2.05, 4.69) is 93.7 Å². The molecule has 0 N–H and O–H groups in total. The number of nitrogens with zero attached hydrogens (tertiary/aromatic N) is 5. The molecule has 52 heavy (non-hydrogen) atoms. The number of piperidine rings is 4. The lowest BCUT2D eigenvalue weighted by atomic mass is 9.79. The lowest BCUT2D eigenvalue weighted by Gasteiger charge is -2.55. The van der Waals surface area contributed by atoms with Gasteiger partial charge in [-0.1, -0.05) is 25.7 Å². The molecular formula is C47H89N5. The van der Waals surface area contributed by atoms with Crippen LogP contribution in [0.5, 0.6) is 0 Å². The Labute approximate surface area is 324 Å². The second-order valence-corrected chi connectivity index (χ2v) is 20.7. The molecule has 6 unspecified atom stereocenters. The van der Waals surface area contributed by atoms with Gasteiger partial charge in [0.1, 0.15) is 0 Å². The molecule has 0 radical (unpaired) electrons. The van der Waals surface area contributed by atoms with Gasteiger partial charge >= 0.3 is 0 Å². The van der Waals surface area contributed by atoms with Crippen LogP contribution < -0.4 is 0 Å². The zero-order valence-corrected chi connectivity index (χ0v) is 36.5. The highest BCUT2D eigenvalue weighted by Crippen LogP contribution is 2.42. The SMILES string of the molecule is CC(C)N1C2CCC1C2.CC(C)N1C2CCC1CC2.CC(C)N1C2CCCC1C2.CC(C)N1C2CCCC1CC2.CC(C)N1C2CCCC1CCC2. The second-order valence-electron chi connectivity index (χ2n) is 20.7. The van der Waals surface area contributed by atoms with Gasteiger partial charge in [0.05, 0.1) is 0 Å². The first-order chi connectivity index (χ1) is 24.9. The molecule has 10 aliphatic heterocycles. The van der Waals surface area contributed by atoms with E-state index in [0.29, 0.717) is 0 Å². The summed E-state index contributed by atoms with van der Waals surface area (Å²) in [5, 5.41) is 0. The van der Waals surface area contributed by atoms with Gasteiger partial charge in [0.15, 0.2) is 0 Å². The van der Waals surface area contributed by atoms with Gasteiger partial charge in [-0.15, -0.1) is 0 Å². The molecule has 10 saturated heterocycles. The van der Waals surface area contributed by atoms with Crippen molar-refractivity contribution in [3.63, 3.8) is 0 Å². The van der Waals surface area contributed by atoms with Crippen LogP contribution in [-0.2, 0) is 0 Å². The molecule has 0 amide bonds. The Bertz CT molecular complexity index is 970. The lowest BCUT2D eigenvalue weighted by molar-refractivity contribution is -0.0511. The summed E-state index contributed by atoms with van der Waals surface area (Å²) in [4.78, 5) is 13.6. The summed E-state index contributed by atoms with van der Waals surface area (Å²) in [6, 6.07) is 13.6. The van der Waals surface area contributed by atoms with Gasteiger partial charge in [0.25, 0.3) is 0 Å². The van der Waals surface area contributed by atoms with E-state index < -0.39 is 0 Å². The molecule has 12 rings (SSSR count). The molecule has 5 heteroatoms. The number of hydrogen-bond acceptors (Lipinski definition) is 5. The van der Waals surface area contributed by atoms with Gasteiger partial charge in [-0.2, -0.15) is 0 Å². The molecule has 6 atom stereocenters. The molecule has 5 nitrogen and oxygen atoms in total. The predicted molar refractivity (Wildman–Crippen MR) is 224 cm³/mol. The van der Waals surface area contributed by atoms with Crippen LogP contribution in [0.1, 0.15) is 210 Å². The highest BCUT2D eigenvalue weighted by atomic mass is 15.3. The molecule has 10 heterocycles. The van der Waals surface area contributed by atoms with Crippen molar-refractivity contribution in [3.05, 3.63) is 0 Å². The summed E-state index contributed by atoms with van der Waals surface area (Å²) in [6.45, 7) is 23.3. The maximum absolute atomic E-state index is 2.78. The maximum atomic E-state index is 2.78. The van der Waals surface area contributed by atoms with Crippen LogP contribution in [0, 0.1) is 0 Å². The third-order valence-corrected chi connectivity index (χ3v) is 15.9. The highest BCUT2D eigenvalue weighted by molar-refractivity contribution is 5.01. The van der Waals surface area contributed by atoms with Crippen molar-refractivity contribution in [3.8, 4) is 0 Å². The quantitative estimate of drug-likeness (QED) is 0.280. The zero-order valence-electron chi connectivity index (χ0n) is 36.5. The van der Waals surface area contributed by atoms with E-state index >= 15 is 0 Å². The smallest absolute Gasteiger partial charge is 0.0116 e. The van der Waals surface area contributed by atoms with Gasteiger partial charge in [-0.3, -0.25) is 24.5 Å². The fraction of sp³-hybridized carbons (Fsp3) is 1.00. The third-order valence-electron chi connectivity index (χ3n) is 15.9. The number of rotatable bonds is 5. The largest absolute Gasteiger partial charge is 0.295 e. The van der Waals surface area contributed by atoms with Crippen LogP contribution in [0.15, 0.2) is 0 Å². The van der Waals surface area contributed by atoms with Crippen molar-refractivity contribution < 1.29 is 0 Å². The minimum Gasteiger partial charge on any atom is -0.295 e. The molecule has 12 fully saturated rings. The van der Waals surface area contributed by atoms with Crippen LogP contribution in [0.25, 0.3) is 0 Å². The van der Waals surface area contributed by atoms with Crippen LogP contribution in [0.3, 0.4) is 0 Å². The summed E-state index contributed by atoms with van der Waals surface area (Å²) >= 11 is 0. The minimum atomic E-state index is 0.778. The third kappa shape index (κ3) is 9.49. The van der Waals surface area contributed by atoms with E-state index in [9.17, 15) is 0 Å². The Morgan fingerprint density at radius 2 is 0.385 bits per heavy atom. The molecule has 0 aromatic heterocycles. The molecule has 0 aromatic carbocycles. The molecule has 0 spiro atoms. The van der Waals surface area contributed by atoms with Crippen molar-refractivity contribution >= 4 is 0 Å². The van der Waals surface area contributed by atoms with Crippen molar-refractivity contribution in [2.75, 3.05) is 0 Å². The van der Waals surface area contributed by atoms with Crippen molar-refractivity contribution in [2.24, 2.45) is 0 Å². The van der Waals surface area contributed by atoms with Gasteiger partial charge in [-0.25, -0.2) is 0 Å².